The predicted molar refractivity (Wildman–Crippen MR) is 87.7 cm³/mol. The Balaban J connectivity index is 1.87. The molecule has 0 aliphatic heterocycles. The molecule has 0 aliphatic carbocycles. The van der Waals surface area contributed by atoms with Crippen LogP contribution in [0.3, 0.4) is 0 Å². The minimum atomic E-state index is 1.17. The van der Waals surface area contributed by atoms with Crippen LogP contribution in [0.4, 0.5) is 5.69 Å². The van der Waals surface area contributed by atoms with E-state index in [2.05, 4.69) is 96.6 Å². The molecule has 3 aromatic rings. The van der Waals surface area contributed by atoms with Gasteiger partial charge in [0.05, 0.1) is 0 Å². The highest BCUT2D eigenvalue weighted by molar-refractivity contribution is 5.65. The van der Waals surface area contributed by atoms with Crippen molar-refractivity contribution < 1.29 is 4.57 Å². The van der Waals surface area contributed by atoms with Crippen molar-refractivity contribution in [2.45, 2.75) is 0 Å². The van der Waals surface area contributed by atoms with Crippen molar-refractivity contribution >= 4 is 5.69 Å². The van der Waals surface area contributed by atoms with Gasteiger partial charge in [-0.1, -0.05) is 30.3 Å². The van der Waals surface area contributed by atoms with Crippen molar-refractivity contribution in [2.24, 2.45) is 0 Å². The molecule has 2 heteroatoms. The van der Waals surface area contributed by atoms with E-state index < -0.39 is 0 Å². The molecule has 104 valence electrons. The van der Waals surface area contributed by atoms with Gasteiger partial charge in [0, 0.05) is 44.0 Å². The van der Waals surface area contributed by atoms with Gasteiger partial charge in [-0.25, -0.2) is 0 Å². The number of pyridine rings is 1. The van der Waals surface area contributed by atoms with Crippen molar-refractivity contribution in [3.63, 3.8) is 0 Å². The third-order valence-corrected chi connectivity index (χ3v) is 3.60. The maximum Gasteiger partial charge on any atom is 0.210 e. The fraction of sp³-hybridized carbons (Fsp3) is 0.105. The molecule has 1 heterocycles. The Morgan fingerprint density at radius 3 is 1.81 bits per heavy atom. The van der Waals surface area contributed by atoms with Crippen LogP contribution < -0.4 is 9.47 Å². The quantitative estimate of drug-likeness (QED) is 0.661. The molecule has 0 atom stereocenters. The maximum absolute atomic E-state index is 2.16. The number of anilines is 1. The lowest BCUT2D eigenvalue weighted by molar-refractivity contribution is -0.595. The summed E-state index contributed by atoms with van der Waals surface area (Å²) in [5.74, 6) is 0. The van der Waals surface area contributed by atoms with Gasteiger partial charge in [-0.15, -0.1) is 0 Å². The first-order chi connectivity index (χ1) is 10.2. The monoisotopic (exact) mass is 275 g/mol. The zero-order valence-electron chi connectivity index (χ0n) is 12.4. The van der Waals surface area contributed by atoms with Crippen LogP contribution in [0.25, 0.3) is 16.8 Å². The van der Waals surface area contributed by atoms with E-state index >= 15 is 0 Å². The van der Waals surface area contributed by atoms with E-state index in [1.807, 2.05) is 6.07 Å². The van der Waals surface area contributed by atoms with Gasteiger partial charge in [0.15, 0.2) is 12.4 Å². The van der Waals surface area contributed by atoms with E-state index in [-0.39, 0.29) is 0 Å². The summed E-state index contributed by atoms with van der Waals surface area (Å²) in [5.41, 5.74) is 4.86. The summed E-state index contributed by atoms with van der Waals surface area (Å²) < 4.78 is 2.12. The fourth-order valence-electron chi connectivity index (χ4n) is 2.34. The van der Waals surface area contributed by atoms with Crippen molar-refractivity contribution in [3.05, 3.63) is 79.1 Å². The zero-order chi connectivity index (χ0) is 14.7. The average molecular weight is 275 g/mol. The Kier molecular flexibility index (Phi) is 3.69. The first-order valence-corrected chi connectivity index (χ1v) is 7.08. The standard InChI is InChI=1S/C19H19N2/c1-20(2)18-10-8-16(9-11-18)17-12-14-21(15-13-17)19-6-4-3-5-7-19/h3-15H,1-2H3/q+1. The van der Waals surface area contributed by atoms with Gasteiger partial charge < -0.3 is 4.90 Å². The molecule has 0 bridgehead atoms. The minimum absolute atomic E-state index is 1.17. The van der Waals surface area contributed by atoms with E-state index in [0.717, 1.165) is 0 Å². The minimum Gasteiger partial charge on any atom is -0.378 e. The lowest BCUT2D eigenvalue weighted by Crippen LogP contribution is -2.28. The predicted octanol–water partition coefficient (Wildman–Crippen LogP) is 3.70. The van der Waals surface area contributed by atoms with Gasteiger partial charge >= 0.3 is 0 Å². The summed E-state index contributed by atoms with van der Waals surface area (Å²) in [4.78, 5) is 2.11. The van der Waals surface area contributed by atoms with Gasteiger partial charge in [-0.05, 0) is 23.3 Å². The molecule has 0 unspecified atom stereocenters. The van der Waals surface area contributed by atoms with Crippen LogP contribution in [0.15, 0.2) is 79.1 Å². The van der Waals surface area contributed by atoms with Gasteiger partial charge in [-0.2, -0.15) is 4.57 Å². The molecule has 1 aromatic heterocycles. The topological polar surface area (TPSA) is 7.12 Å². The van der Waals surface area contributed by atoms with Gasteiger partial charge in [0.1, 0.15) is 0 Å². The summed E-state index contributed by atoms with van der Waals surface area (Å²) >= 11 is 0. The SMILES string of the molecule is CN(C)c1ccc(-c2cc[n+](-c3ccccc3)cc2)cc1. The Hall–Kier alpha value is -2.61. The van der Waals surface area contributed by atoms with E-state index in [4.69, 9.17) is 0 Å². The molecule has 0 saturated carbocycles. The van der Waals surface area contributed by atoms with Crippen LogP contribution in [0.2, 0.25) is 0 Å². The van der Waals surface area contributed by atoms with Crippen molar-refractivity contribution in [3.8, 4) is 16.8 Å². The lowest BCUT2D eigenvalue weighted by atomic mass is 10.1. The summed E-state index contributed by atoms with van der Waals surface area (Å²) in [5, 5.41) is 0. The molecule has 0 aliphatic rings. The second-order valence-electron chi connectivity index (χ2n) is 5.27. The molecule has 2 nitrogen and oxygen atoms in total. The van der Waals surface area contributed by atoms with E-state index in [9.17, 15) is 0 Å². The summed E-state index contributed by atoms with van der Waals surface area (Å²) in [6.45, 7) is 0. The van der Waals surface area contributed by atoms with Crippen LogP contribution in [0, 0.1) is 0 Å². The number of hydrogen-bond donors (Lipinski definition) is 0. The molecule has 0 radical (unpaired) electrons. The van der Waals surface area contributed by atoms with E-state index in [0.29, 0.717) is 0 Å². The van der Waals surface area contributed by atoms with Gasteiger partial charge in [0.25, 0.3) is 0 Å². The van der Waals surface area contributed by atoms with Crippen LogP contribution in [-0.4, -0.2) is 14.1 Å². The zero-order valence-corrected chi connectivity index (χ0v) is 12.4. The third-order valence-electron chi connectivity index (χ3n) is 3.60. The Morgan fingerprint density at radius 2 is 1.24 bits per heavy atom. The third kappa shape index (κ3) is 2.95. The lowest BCUT2D eigenvalue weighted by Gasteiger charge is -2.12. The summed E-state index contributed by atoms with van der Waals surface area (Å²) in [6, 6.07) is 23.3. The van der Waals surface area contributed by atoms with Gasteiger partial charge in [-0.3, -0.25) is 0 Å². The molecule has 0 saturated heterocycles. The van der Waals surface area contributed by atoms with Crippen LogP contribution in [0.1, 0.15) is 0 Å². The van der Waals surface area contributed by atoms with Crippen LogP contribution in [-0.2, 0) is 0 Å². The second-order valence-corrected chi connectivity index (χ2v) is 5.27. The maximum atomic E-state index is 2.16. The normalized spacial score (nSPS) is 10.4. The summed E-state index contributed by atoms with van der Waals surface area (Å²) in [6.07, 6.45) is 4.20. The number of aromatic nitrogens is 1. The van der Waals surface area contributed by atoms with E-state index in [1.165, 1.54) is 22.5 Å². The number of benzene rings is 2. The number of hydrogen-bond acceptors (Lipinski definition) is 1. The average Bonchev–Trinajstić information content (AvgIpc) is 2.56. The highest BCUT2D eigenvalue weighted by atomic mass is 15.1. The van der Waals surface area contributed by atoms with Crippen molar-refractivity contribution in [2.75, 3.05) is 19.0 Å². The summed E-state index contributed by atoms with van der Waals surface area (Å²) in [7, 11) is 4.11. The highest BCUT2D eigenvalue weighted by Crippen LogP contribution is 2.21. The Labute approximate surface area is 125 Å². The molecule has 0 amide bonds. The molecule has 0 fully saturated rings. The Morgan fingerprint density at radius 1 is 0.667 bits per heavy atom. The molecule has 0 N–H and O–H groups in total. The van der Waals surface area contributed by atoms with Gasteiger partial charge in [0.2, 0.25) is 5.69 Å². The molecular weight excluding hydrogens is 256 g/mol. The Bertz CT molecular complexity index is 699. The van der Waals surface area contributed by atoms with Crippen molar-refractivity contribution in [1.29, 1.82) is 0 Å². The van der Waals surface area contributed by atoms with Crippen LogP contribution >= 0.6 is 0 Å². The molecule has 0 spiro atoms. The fourth-order valence-corrected chi connectivity index (χ4v) is 2.34. The molecular formula is C19H19N2+. The number of rotatable bonds is 3. The van der Waals surface area contributed by atoms with Crippen molar-refractivity contribution in [1.82, 2.24) is 0 Å². The number of nitrogens with zero attached hydrogens (tertiary/aromatic N) is 2. The smallest absolute Gasteiger partial charge is 0.210 e. The molecule has 3 rings (SSSR count). The largest absolute Gasteiger partial charge is 0.378 e. The second kappa shape index (κ2) is 5.80. The van der Waals surface area contributed by atoms with Crippen LogP contribution in [0.5, 0.6) is 0 Å². The molecule has 21 heavy (non-hydrogen) atoms. The highest BCUT2D eigenvalue weighted by Gasteiger charge is 2.05. The van der Waals surface area contributed by atoms with E-state index in [1.54, 1.807) is 0 Å². The number of para-hydroxylation sites is 1. The first-order valence-electron chi connectivity index (χ1n) is 7.08. The molecule has 2 aromatic carbocycles. The first kappa shape index (κ1) is 13.4.